The Balaban J connectivity index is 1.38. The van der Waals surface area contributed by atoms with E-state index in [2.05, 4.69) is 25.8 Å². The molecule has 0 aliphatic heterocycles. The monoisotopic (exact) mass is 462 g/mol. The van der Waals surface area contributed by atoms with E-state index >= 15 is 0 Å². The summed E-state index contributed by atoms with van der Waals surface area (Å²) in [5.74, 6) is 1.64. The van der Waals surface area contributed by atoms with Crippen molar-refractivity contribution >= 4 is 21.6 Å². The molecule has 1 N–H and O–H groups in total. The molecule has 1 aliphatic rings. The smallest absolute Gasteiger partial charge is 0.260 e. The fraction of sp³-hybridized carbons (Fsp3) is 0.333. The molecule has 33 heavy (non-hydrogen) atoms. The standard InChI is InChI=1S/C27H27FN2O2S/c1-27(2,3)18-8-13-21-22(14-18)33-26-23(21)25(31)29-24(30-26)17-6-11-20(12-7-17)32-15-16-4-9-19(28)10-5-16/h4-7,9-12,18H,8,13-15H2,1-3H3,(H,29,30,31). The zero-order valence-electron chi connectivity index (χ0n) is 19.1. The molecule has 2 heterocycles. The molecular formula is C27H27FN2O2S. The molecule has 0 saturated heterocycles. The van der Waals surface area contributed by atoms with Gasteiger partial charge >= 0.3 is 0 Å². The maximum Gasteiger partial charge on any atom is 0.260 e. The first-order valence-corrected chi connectivity index (χ1v) is 12.1. The van der Waals surface area contributed by atoms with Crippen LogP contribution < -0.4 is 10.3 Å². The molecule has 0 amide bonds. The summed E-state index contributed by atoms with van der Waals surface area (Å²) in [7, 11) is 0. The Kier molecular flexibility index (Phi) is 5.57. The van der Waals surface area contributed by atoms with E-state index in [0.717, 1.165) is 40.6 Å². The minimum atomic E-state index is -0.262. The summed E-state index contributed by atoms with van der Waals surface area (Å²) in [5.41, 5.74) is 3.13. The van der Waals surface area contributed by atoms with Gasteiger partial charge in [0.05, 0.1) is 5.39 Å². The van der Waals surface area contributed by atoms with Crippen molar-refractivity contribution in [2.24, 2.45) is 11.3 Å². The highest BCUT2D eigenvalue weighted by atomic mass is 32.1. The number of rotatable bonds is 4. The molecule has 6 heteroatoms. The van der Waals surface area contributed by atoms with Crippen LogP contribution in [0.15, 0.2) is 53.3 Å². The highest BCUT2D eigenvalue weighted by molar-refractivity contribution is 7.18. The topological polar surface area (TPSA) is 55.0 Å². The molecule has 1 aliphatic carbocycles. The lowest BCUT2D eigenvalue weighted by atomic mass is 9.72. The summed E-state index contributed by atoms with van der Waals surface area (Å²) in [6.07, 6.45) is 3.08. The van der Waals surface area contributed by atoms with Gasteiger partial charge in [-0.25, -0.2) is 9.37 Å². The van der Waals surface area contributed by atoms with Crippen LogP contribution in [-0.4, -0.2) is 9.97 Å². The number of fused-ring (bicyclic) bond motifs is 3. The zero-order chi connectivity index (χ0) is 23.2. The second-order valence-corrected chi connectivity index (χ2v) is 10.9. The number of aryl methyl sites for hydroxylation is 1. The summed E-state index contributed by atoms with van der Waals surface area (Å²) in [6, 6.07) is 13.8. The lowest BCUT2D eigenvalue weighted by molar-refractivity contribution is 0.218. The third-order valence-corrected chi connectivity index (χ3v) is 7.74. The number of hydrogen-bond acceptors (Lipinski definition) is 4. The molecule has 1 atom stereocenters. The van der Waals surface area contributed by atoms with Gasteiger partial charge in [0.1, 0.15) is 28.8 Å². The van der Waals surface area contributed by atoms with Gasteiger partial charge in [0.2, 0.25) is 0 Å². The van der Waals surface area contributed by atoms with Crippen LogP contribution in [0.3, 0.4) is 0 Å². The minimum absolute atomic E-state index is 0.0571. The van der Waals surface area contributed by atoms with Gasteiger partial charge in [-0.1, -0.05) is 32.9 Å². The van der Waals surface area contributed by atoms with E-state index in [1.807, 2.05) is 24.3 Å². The molecule has 0 bridgehead atoms. The second kappa shape index (κ2) is 8.41. The number of nitrogens with zero attached hydrogens (tertiary/aromatic N) is 1. The molecule has 170 valence electrons. The van der Waals surface area contributed by atoms with Crippen LogP contribution in [0.2, 0.25) is 0 Å². The molecular weight excluding hydrogens is 435 g/mol. The average molecular weight is 463 g/mol. The van der Waals surface area contributed by atoms with Crippen molar-refractivity contribution in [3.8, 4) is 17.1 Å². The van der Waals surface area contributed by atoms with Crippen LogP contribution in [-0.2, 0) is 19.4 Å². The molecule has 4 aromatic rings. The zero-order valence-corrected chi connectivity index (χ0v) is 19.9. The quantitative estimate of drug-likeness (QED) is 0.376. The van der Waals surface area contributed by atoms with Crippen molar-refractivity contribution in [1.82, 2.24) is 9.97 Å². The highest BCUT2D eigenvalue weighted by Crippen LogP contribution is 2.42. The summed E-state index contributed by atoms with van der Waals surface area (Å²) >= 11 is 1.67. The van der Waals surface area contributed by atoms with E-state index in [9.17, 15) is 9.18 Å². The molecule has 0 spiro atoms. The molecule has 4 nitrogen and oxygen atoms in total. The molecule has 0 fully saturated rings. The van der Waals surface area contributed by atoms with Gasteiger partial charge in [0.15, 0.2) is 0 Å². The number of benzene rings is 2. The summed E-state index contributed by atoms with van der Waals surface area (Å²) in [5, 5.41) is 0.769. The normalized spacial score (nSPS) is 16.1. The summed E-state index contributed by atoms with van der Waals surface area (Å²) < 4.78 is 18.8. The SMILES string of the molecule is CC(C)(C)C1CCc2c(sc3nc(-c4ccc(OCc5ccc(F)cc5)cc4)[nH]c(=O)c23)C1. The Morgan fingerprint density at radius 3 is 2.55 bits per heavy atom. The molecule has 0 radical (unpaired) electrons. The fourth-order valence-corrected chi connectivity index (χ4v) is 5.82. The van der Waals surface area contributed by atoms with E-state index in [-0.39, 0.29) is 16.8 Å². The number of hydrogen-bond donors (Lipinski definition) is 1. The first-order valence-electron chi connectivity index (χ1n) is 11.3. The maximum absolute atomic E-state index is 13.0. The van der Waals surface area contributed by atoms with E-state index < -0.39 is 0 Å². The Morgan fingerprint density at radius 2 is 1.85 bits per heavy atom. The van der Waals surface area contributed by atoms with Crippen LogP contribution in [0, 0.1) is 17.2 Å². The number of ether oxygens (including phenoxy) is 1. The fourth-order valence-electron chi connectivity index (χ4n) is 4.52. The van der Waals surface area contributed by atoms with E-state index in [1.165, 1.54) is 22.6 Å². The maximum atomic E-state index is 13.0. The summed E-state index contributed by atoms with van der Waals surface area (Å²) in [4.78, 5) is 22.9. The van der Waals surface area contributed by atoms with Crippen LogP contribution in [0.1, 0.15) is 43.2 Å². The van der Waals surface area contributed by atoms with E-state index in [1.54, 1.807) is 23.5 Å². The average Bonchev–Trinajstić information content (AvgIpc) is 3.17. The number of aromatic amines is 1. The van der Waals surface area contributed by atoms with Gasteiger partial charge < -0.3 is 9.72 Å². The number of H-pyrrole nitrogens is 1. The van der Waals surface area contributed by atoms with Gasteiger partial charge in [-0.05, 0) is 78.1 Å². The van der Waals surface area contributed by atoms with Crippen molar-refractivity contribution in [1.29, 1.82) is 0 Å². The number of halogens is 1. The largest absolute Gasteiger partial charge is 0.489 e. The second-order valence-electron chi connectivity index (χ2n) is 9.84. The predicted molar refractivity (Wildman–Crippen MR) is 131 cm³/mol. The molecule has 0 saturated carbocycles. The van der Waals surface area contributed by atoms with Gasteiger partial charge in [0, 0.05) is 10.4 Å². The van der Waals surface area contributed by atoms with Crippen LogP contribution in [0.25, 0.3) is 21.6 Å². The van der Waals surface area contributed by atoms with Gasteiger partial charge in [-0.15, -0.1) is 11.3 Å². The van der Waals surface area contributed by atoms with Crippen LogP contribution in [0.5, 0.6) is 5.75 Å². The summed E-state index contributed by atoms with van der Waals surface area (Å²) in [6.45, 7) is 7.25. The van der Waals surface area contributed by atoms with Crippen molar-refractivity contribution in [2.45, 2.75) is 46.6 Å². The first-order chi connectivity index (χ1) is 15.8. The van der Waals surface area contributed by atoms with Crippen LogP contribution in [0.4, 0.5) is 4.39 Å². The number of nitrogens with one attached hydrogen (secondary N) is 1. The Hall–Kier alpha value is -2.99. The van der Waals surface area contributed by atoms with E-state index in [0.29, 0.717) is 24.1 Å². The van der Waals surface area contributed by atoms with Crippen molar-refractivity contribution in [3.05, 3.63) is 80.7 Å². The first kappa shape index (κ1) is 21.8. The van der Waals surface area contributed by atoms with Crippen molar-refractivity contribution in [2.75, 3.05) is 0 Å². The minimum Gasteiger partial charge on any atom is -0.489 e. The number of aromatic nitrogens is 2. The third-order valence-electron chi connectivity index (χ3n) is 6.59. The third kappa shape index (κ3) is 4.44. The number of thiophene rings is 1. The molecule has 1 unspecified atom stereocenters. The predicted octanol–water partition coefficient (Wildman–Crippen LogP) is 6.52. The van der Waals surface area contributed by atoms with Gasteiger partial charge in [-0.2, -0.15) is 0 Å². The molecule has 5 rings (SSSR count). The Labute approximate surface area is 196 Å². The Bertz CT molecular complexity index is 1350. The van der Waals surface area contributed by atoms with Gasteiger partial charge in [0.25, 0.3) is 5.56 Å². The highest BCUT2D eigenvalue weighted by Gasteiger charge is 2.31. The van der Waals surface area contributed by atoms with Crippen molar-refractivity contribution in [3.63, 3.8) is 0 Å². The van der Waals surface area contributed by atoms with Crippen molar-refractivity contribution < 1.29 is 9.13 Å². The lowest BCUT2D eigenvalue weighted by Crippen LogP contribution is -2.26. The van der Waals surface area contributed by atoms with Gasteiger partial charge in [-0.3, -0.25) is 4.79 Å². The molecule has 2 aromatic heterocycles. The lowest BCUT2D eigenvalue weighted by Gasteiger charge is -2.33. The van der Waals surface area contributed by atoms with E-state index in [4.69, 9.17) is 9.72 Å². The van der Waals surface area contributed by atoms with Crippen LogP contribution >= 0.6 is 11.3 Å². The Morgan fingerprint density at radius 1 is 1.12 bits per heavy atom. The molecule has 2 aromatic carbocycles.